The molecule has 21 heavy (non-hydrogen) atoms. The number of nitrogens with zero attached hydrogens (tertiary/aromatic N) is 2. The van der Waals surface area contributed by atoms with E-state index in [9.17, 15) is 4.79 Å². The monoisotopic (exact) mass is 287 g/mol. The molecule has 1 N–H and O–H groups in total. The van der Waals surface area contributed by atoms with E-state index >= 15 is 0 Å². The minimum Gasteiger partial charge on any atom is -0.479 e. The lowest BCUT2D eigenvalue weighted by Gasteiger charge is -2.19. The molecule has 2 rings (SSSR count). The fourth-order valence-electron chi connectivity index (χ4n) is 1.80. The fourth-order valence-corrected chi connectivity index (χ4v) is 1.80. The summed E-state index contributed by atoms with van der Waals surface area (Å²) in [5.41, 5.74) is 1.23. The second-order valence-corrected chi connectivity index (χ2v) is 4.44. The summed E-state index contributed by atoms with van der Waals surface area (Å²) in [6.45, 7) is 0. The number of para-hydroxylation sites is 1. The molecule has 1 aromatic heterocycles. The summed E-state index contributed by atoms with van der Waals surface area (Å²) in [5, 5.41) is 2.67. The lowest BCUT2D eigenvalue weighted by Crippen LogP contribution is -2.20. The largest absolute Gasteiger partial charge is 0.479 e. The number of amides is 1. The van der Waals surface area contributed by atoms with Crippen molar-refractivity contribution in [1.82, 2.24) is 4.98 Å². The van der Waals surface area contributed by atoms with Gasteiger partial charge in [-0.1, -0.05) is 18.2 Å². The third-order valence-corrected chi connectivity index (χ3v) is 2.75. The van der Waals surface area contributed by atoms with E-state index in [0.717, 1.165) is 5.69 Å². The first-order chi connectivity index (χ1) is 10.1. The van der Waals surface area contributed by atoms with Gasteiger partial charge in [-0.3, -0.25) is 5.32 Å². The maximum Gasteiger partial charge on any atom is 0.417 e. The Morgan fingerprint density at radius 1 is 1.19 bits per heavy atom. The van der Waals surface area contributed by atoms with Gasteiger partial charge in [0.2, 0.25) is 5.88 Å². The number of benzene rings is 1. The number of ether oxygens (including phenoxy) is 2. The van der Waals surface area contributed by atoms with Crippen LogP contribution in [0.3, 0.4) is 0 Å². The van der Waals surface area contributed by atoms with Crippen molar-refractivity contribution < 1.29 is 14.3 Å². The molecule has 0 spiro atoms. The molecule has 0 radical (unpaired) electrons. The Hall–Kier alpha value is -2.76. The van der Waals surface area contributed by atoms with Crippen LogP contribution in [-0.2, 0) is 0 Å². The van der Waals surface area contributed by atoms with Crippen molar-refractivity contribution in [2.24, 2.45) is 0 Å². The van der Waals surface area contributed by atoms with Crippen LogP contribution in [0.4, 0.5) is 16.2 Å². The SMILES string of the molecule is COc1nccc(N(C)C)c1NC(=O)Oc1ccccc1. The highest BCUT2D eigenvalue weighted by Crippen LogP contribution is 2.32. The summed E-state index contributed by atoms with van der Waals surface area (Å²) in [4.78, 5) is 17.9. The molecule has 6 nitrogen and oxygen atoms in total. The highest BCUT2D eigenvalue weighted by molar-refractivity contribution is 5.92. The van der Waals surface area contributed by atoms with Crippen LogP contribution >= 0.6 is 0 Å². The van der Waals surface area contributed by atoms with Crippen LogP contribution in [-0.4, -0.2) is 32.3 Å². The van der Waals surface area contributed by atoms with Gasteiger partial charge in [0.1, 0.15) is 11.4 Å². The second kappa shape index (κ2) is 6.60. The van der Waals surface area contributed by atoms with Gasteiger partial charge < -0.3 is 14.4 Å². The van der Waals surface area contributed by atoms with Gasteiger partial charge in [-0.15, -0.1) is 0 Å². The van der Waals surface area contributed by atoms with E-state index in [-0.39, 0.29) is 0 Å². The smallest absolute Gasteiger partial charge is 0.417 e. The Kier molecular flexibility index (Phi) is 4.61. The average Bonchev–Trinajstić information content (AvgIpc) is 2.48. The van der Waals surface area contributed by atoms with Crippen LogP contribution in [0, 0.1) is 0 Å². The van der Waals surface area contributed by atoms with Crippen LogP contribution in [0.2, 0.25) is 0 Å². The van der Waals surface area contributed by atoms with Gasteiger partial charge in [-0.05, 0) is 18.2 Å². The second-order valence-electron chi connectivity index (χ2n) is 4.44. The molecule has 0 aliphatic heterocycles. The Bertz CT molecular complexity index is 615. The van der Waals surface area contributed by atoms with Crippen molar-refractivity contribution in [2.75, 3.05) is 31.4 Å². The quantitative estimate of drug-likeness (QED) is 0.936. The third-order valence-electron chi connectivity index (χ3n) is 2.75. The predicted octanol–water partition coefficient (Wildman–Crippen LogP) is 2.77. The van der Waals surface area contributed by atoms with Gasteiger partial charge in [0, 0.05) is 20.3 Å². The zero-order valence-electron chi connectivity index (χ0n) is 12.2. The normalized spacial score (nSPS) is 9.86. The Morgan fingerprint density at radius 2 is 1.90 bits per heavy atom. The van der Waals surface area contributed by atoms with Gasteiger partial charge in [0.25, 0.3) is 0 Å². The average molecular weight is 287 g/mol. The molecule has 1 aromatic carbocycles. The lowest BCUT2D eigenvalue weighted by atomic mass is 10.3. The van der Waals surface area contributed by atoms with Crippen LogP contribution in [0.25, 0.3) is 0 Å². The summed E-state index contributed by atoms with van der Waals surface area (Å²) in [7, 11) is 5.22. The van der Waals surface area contributed by atoms with Crippen molar-refractivity contribution in [3.05, 3.63) is 42.6 Å². The molecular formula is C15H17N3O3. The molecule has 0 unspecified atom stereocenters. The Morgan fingerprint density at radius 3 is 2.52 bits per heavy atom. The fraction of sp³-hybridized carbons (Fsp3) is 0.200. The van der Waals surface area contributed by atoms with Crippen LogP contribution < -0.4 is 19.7 Å². The molecule has 0 saturated heterocycles. The number of hydrogen-bond acceptors (Lipinski definition) is 5. The topological polar surface area (TPSA) is 63.7 Å². The number of pyridine rings is 1. The minimum atomic E-state index is -0.601. The van der Waals surface area contributed by atoms with Crippen molar-refractivity contribution >= 4 is 17.5 Å². The van der Waals surface area contributed by atoms with E-state index in [4.69, 9.17) is 9.47 Å². The molecule has 0 atom stereocenters. The summed E-state index contributed by atoms with van der Waals surface area (Å²) in [6, 6.07) is 10.6. The molecule has 110 valence electrons. The molecule has 1 amide bonds. The number of carbonyl (C=O) groups is 1. The number of anilines is 2. The van der Waals surface area contributed by atoms with Gasteiger partial charge in [-0.2, -0.15) is 0 Å². The Labute approximate surface area is 123 Å². The van der Waals surface area contributed by atoms with Gasteiger partial charge in [0.15, 0.2) is 0 Å². The number of hydrogen-bond donors (Lipinski definition) is 1. The van der Waals surface area contributed by atoms with E-state index in [2.05, 4.69) is 10.3 Å². The summed E-state index contributed by atoms with van der Waals surface area (Å²) in [5.74, 6) is 0.787. The van der Waals surface area contributed by atoms with Crippen LogP contribution in [0.1, 0.15) is 0 Å². The molecule has 2 aromatic rings. The third kappa shape index (κ3) is 3.62. The first kappa shape index (κ1) is 14.6. The van der Waals surface area contributed by atoms with E-state index in [1.807, 2.05) is 25.1 Å². The highest BCUT2D eigenvalue weighted by atomic mass is 16.6. The first-order valence-corrected chi connectivity index (χ1v) is 6.36. The molecule has 0 fully saturated rings. The molecule has 0 aliphatic rings. The number of methoxy groups -OCH3 is 1. The summed E-state index contributed by atoms with van der Waals surface area (Å²) >= 11 is 0. The summed E-state index contributed by atoms with van der Waals surface area (Å²) < 4.78 is 10.4. The molecule has 1 heterocycles. The lowest BCUT2D eigenvalue weighted by molar-refractivity contribution is 0.215. The number of nitrogens with one attached hydrogen (secondary N) is 1. The van der Waals surface area contributed by atoms with Crippen molar-refractivity contribution in [3.63, 3.8) is 0 Å². The molecule has 6 heteroatoms. The van der Waals surface area contributed by atoms with E-state index in [1.165, 1.54) is 7.11 Å². The zero-order valence-corrected chi connectivity index (χ0v) is 12.2. The molecule has 0 bridgehead atoms. The first-order valence-electron chi connectivity index (χ1n) is 6.36. The summed E-state index contributed by atoms with van der Waals surface area (Å²) in [6.07, 6.45) is 1.01. The van der Waals surface area contributed by atoms with Crippen molar-refractivity contribution in [2.45, 2.75) is 0 Å². The molecule has 0 aliphatic carbocycles. The number of carbonyl (C=O) groups excluding carboxylic acids is 1. The standard InChI is InChI=1S/C15H17N3O3/c1-18(2)12-9-10-16-14(20-3)13(12)17-15(19)21-11-7-5-4-6-8-11/h4-10H,1-3H3,(H,17,19). The zero-order chi connectivity index (χ0) is 15.2. The van der Waals surface area contributed by atoms with Crippen LogP contribution in [0.15, 0.2) is 42.6 Å². The maximum absolute atomic E-state index is 12.0. The van der Waals surface area contributed by atoms with Gasteiger partial charge >= 0.3 is 6.09 Å². The molecular weight excluding hydrogens is 270 g/mol. The van der Waals surface area contributed by atoms with E-state index < -0.39 is 6.09 Å². The highest BCUT2D eigenvalue weighted by Gasteiger charge is 2.16. The maximum atomic E-state index is 12.0. The van der Waals surface area contributed by atoms with Crippen molar-refractivity contribution in [1.29, 1.82) is 0 Å². The number of aromatic nitrogens is 1. The van der Waals surface area contributed by atoms with E-state index in [0.29, 0.717) is 17.3 Å². The van der Waals surface area contributed by atoms with Crippen molar-refractivity contribution in [3.8, 4) is 11.6 Å². The van der Waals surface area contributed by atoms with Gasteiger partial charge in [-0.25, -0.2) is 9.78 Å². The van der Waals surface area contributed by atoms with E-state index in [1.54, 1.807) is 36.5 Å². The minimum absolute atomic E-state index is 0.325. The van der Waals surface area contributed by atoms with Crippen LogP contribution in [0.5, 0.6) is 11.6 Å². The predicted molar refractivity (Wildman–Crippen MR) is 81.2 cm³/mol. The number of rotatable bonds is 4. The molecule has 0 saturated carbocycles. The van der Waals surface area contributed by atoms with Gasteiger partial charge in [0.05, 0.1) is 12.8 Å². The Balaban J connectivity index is 2.20.